The Labute approximate surface area is 417 Å². The largest absolute Gasteiger partial charge is 0.505 e. The second-order valence-electron chi connectivity index (χ2n) is 15.3. The molecule has 0 unspecified atom stereocenters. The number of azo groups is 4. The van der Waals surface area contributed by atoms with Crippen LogP contribution in [0.4, 0.5) is 51.2 Å². The van der Waals surface area contributed by atoms with Crippen LogP contribution in [0.5, 0.6) is 11.5 Å². The number of nitrogens with zero attached hydrogens (tertiary/aromatic N) is 8. The molecule has 0 saturated carbocycles. The molecule has 8 rings (SSSR count). The van der Waals surface area contributed by atoms with E-state index in [0.717, 1.165) is 60.7 Å². The van der Waals surface area contributed by atoms with Crippen LogP contribution in [0, 0.1) is 0 Å². The molecule has 0 aliphatic carbocycles. The van der Waals surface area contributed by atoms with E-state index in [1.807, 2.05) is 0 Å². The molecule has 31 heteroatoms. The molecule has 0 aliphatic rings. The van der Waals surface area contributed by atoms with Crippen molar-refractivity contribution in [1.29, 1.82) is 0 Å². The van der Waals surface area contributed by atoms with Crippen molar-refractivity contribution < 1.29 is 74.7 Å². The van der Waals surface area contributed by atoms with Crippen LogP contribution in [0.2, 0.25) is 0 Å². The summed E-state index contributed by atoms with van der Waals surface area (Å²) in [6.07, 6.45) is 0. The monoisotopic (exact) mass is 1110 g/mol. The van der Waals surface area contributed by atoms with Crippen LogP contribution >= 0.6 is 0 Å². The van der Waals surface area contributed by atoms with E-state index in [1.165, 1.54) is 67.8 Å². The molecule has 0 amide bonds. The molecule has 0 heterocycles. The lowest BCUT2D eigenvalue weighted by Gasteiger charge is -2.13. The third-order valence-corrected chi connectivity index (χ3v) is 14.8. The van der Waals surface area contributed by atoms with E-state index in [2.05, 4.69) is 40.9 Å². The lowest BCUT2D eigenvalue weighted by atomic mass is 10.1. The molecular weight excluding hydrogens is 1070 g/mol. The number of anilines is 1. The Morgan fingerprint density at radius 2 is 0.838 bits per heavy atom. The molecule has 74 heavy (non-hydrogen) atoms. The maximum absolute atomic E-state index is 12.9. The van der Waals surface area contributed by atoms with E-state index in [4.69, 9.17) is 10.5 Å². The summed E-state index contributed by atoms with van der Waals surface area (Å²) in [6.45, 7) is 0. The molecule has 8 aromatic carbocycles. The van der Waals surface area contributed by atoms with Gasteiger partial charge in [-0.05, 0) is 91.0 Å². The van der Waals surface area contributed by atoms with Gasteiger partial charge >= 0.3 is 0 Å². The Morgan fingerprint density at radius 3 is 1.38 bits per heavy atom. The fourth-order valence-electron chi connectivity index (χ4n) is 7.14. The molecule has 380 valence electrons. The summed E-state index contributed by atoms with van der Waals surface area (Å²) in [5, 5.41) is 44.0. The number of phenols is 1. The van der Waals surface area contributed by atoms with E-state index in [-0.39, 0.29) is 83.6 Å². The number of hydrogen-bond acceptors (Lipinski definition) is 21. The maximum Gasteiger partial charge on any atom is 0.296 e. The van der Waals surface area contributed by atoms with Gasteiger partial charge in [-0.15, -0.1) is 30.7 Å². The van der Waals surface area contributed by atoms with Crippen molar-refractivity contribution in [2.24, 2.45) is 40.9 Å². The SMILES string of the molecule is COc1cc(N=Nc2ccc(N=Nc3cccc(S(=O)(=O)O)c3)c3ccc(S(=O)(=O)O)cc23)c2cc(S(=O)(=O)O)ccc2c1N=Nc1c(S(=O)(=O)O)cc2c(N=Nc3cccc(S(=O)(=O)O)c3)c(N)ccc2c1O. The molecule has 8 aromatic rings. The predicted molar refractivity (Wildman–Crippen MR) is 263 cm³/mol. The van der Waals surface area contributed by atoms with E-state index in [1.54, 1.807) is 0 Å². The van der Waals surface area contributed by atoms with Crippen LogP contribution in [0.3, 0.4) is 0 Å². The highest BCUT2D eigenvalue weighted by Crippen LogP contribution is 2.49. The van der Waals surface area contributed by atoms with Crippen molar-refractivity contribution in [2.45, 2.75) is 24.5 Å². The topological polar surface area (TPSA) is 426 Å². The number of fused-ring (bicyclic) bond motifs is 3. The zero-order valence-electron chi connectivity index (χ0n) is 36.9. The summed E-state index contributed by atoms with van der Waals surface area (Å²) in [7, 11) is -23.1. The maximum atomic E-state index is 12.9. The van der Waals surface area contributed by atoms with Crippen LogP contribution in [0.25, 0.3) is 32.3 Å². The molecule has 0 radical (unpaired) electrons. The van der Waals surface area contributed by atoms with Gasteiger partial charge in [0.05, 0.1) is 60.8 Å². The number of ether oxygens (including phenoxy) is 1. The Bertz CT molecular complexity index is 4420. The van der Waals surface area contributed by atoms with Gasteiger partial charge in [0.15, 0.2) is 5.75 Å². The fourth-order valence-corrected chi connectivity index (χ4v) is 9.85. The molecular formula is C43H31N9O17S5. The number of benzene rings is 8. The Kier molecular flexibility index (Phi) is 13.7. The highest BCUT2D eigenvalue weighted by atomic mass is 32.2. The molecule has 26 nitrogen and oxygen atoms in total. The summed E-state index contributed by atoms with van der Waals surface area (Å²) >= 11 is 0. The highest BCUT2D eigenvalue weighted by Gasteiger charge is 2.26. The van der Waals surface area contributed by atoms with Gasteiger partial charge in [0, 0.05) is 38.4 Å². The number of aromatic hydroxyl groups is 1. The van der Waals surface area contributed by atoms with Gasteiger partial charge < -0.3 is 15.6 Å². The molecule has 0 aromatic heterocycles. The molecule has 0 fully saturated rings. The standard InChI is InChI=1S/C43H31N9O17S5/c1-69-38-21-37(49-48-36-15-14-35(28-10-8-26(18-31(28)36)72(60,61)62)47-45-22-4-2-6-24(16-22)70(54,55)56)32-19-27(73(63,64)65)9-11-29(32)41(38)51-52-42-39(74(66,67)68)20-33-30(43(42)53)12-13-34(44)40(33)50-46-23-5-3-7-25(17-23)71(57,58)59/h2-21,53H,44H2,1H3,(H,54,55,56)(H,57,58,59)(H,60,61,62)(H,63,64,65)(H,66,67,68). The molecule has 0 bridgehead atoms. The van der Waals surface area contributed by atoms with Gasteiger partial charge in [-0.2, -0.15) is 52.3 Å². The average molecular weight is 1110 g/mol. The van der Waals surface area contributed by atoms with Gasteiger partial charge in [0.1, 0.15) is 27.7 Å². The lowest BCUT2D eigenvalue weighted by molar-refractivity contribution is 0.416. The van der Waals surface area contributed by atoms with Crippen molar-refractivity contribution in [3.8, 4) is 11.5 Å². The first-order valence-corrected chi connectivity index (χ1v) is 27.4. The zero-order chi connectivity index (χ0) is 53.7. The van der Waals surface area contributed by atoms with Gasteiger partial charge in [0.25, 0.3) is 50.6 Å². The zero-order valence-corrected chi connectivity index (χ0v) is 41.0. The minimum Gasteiger partial charge on any atom is -0.505 e. The van der Waals surface area contributed by atoms with Crippen LogP contribution in [0.1, 0.15) is 0 Å². The third-order valence-electron chi connectivity index (χ3n) is 10.6. The number of hydrogen-bond donors (Lipinski definition) is 7. The van der Waals surface area contributed by atoms with Crippen LogP contribution in [0.15, 0.2) is 187 Å². The van der Waals surface area contributed by atoms with E-state index >= 15 is 0 Å². The molecule has 0 saturated heterocycles. The number of rotatable bonds is 14. The van der Waals surface area contributed by atoms with E-state index in [0.29, 0.717) is 0 Å². The lowest BCUT2D eigenvalue weighted by Crippen LogP contribution is -1.99. The molecule has 0 atom stereocenters. The quantitative estimate of drug-likeness (QED) is 0.0302. The second-order valence-corrected chi connectivity index (χ2v) is 22.4. The van der Waals surface area contributed by atoms with E-state index in [9.17, 15) is 70.0 Å². The Balaban J connectivity index is 1.26. The van der Waals surface area contributed by atoms with Gasteiger partial charge in [-0.25, -0.2) is 0 Å². The minimum absolute atomic E-state index is 0.000457. The summed E-state index contributed by atoms with van der Waals surface area (Å²) in [6, 6.07) is 23.1. The summed E-state index contributed by atoms with van der Waals surface area (Å²) in [5.41, 5.74) is 4.35. The van der Waals surface area contributed by atoms with Gasteiger partial charge in [0.2, 0.25) is 0 Å². The average Bonchev–Trinajstić information content (AvgIpc) is 3.33. The van der Waals surface area contributed by atoms with Crippen LogP contribution in [-0.4, -0.2) is 77.1 Å². The number of nitrogens with two attached hydrogens (primary N) is 1. The second kappa shape index (κ2) is 19.4. The summed E-state index contributed by atoms with van der Waals surface area (Å²) in [4.78, 5) is -3.26. The van der Waals surface area contributed by atoms with Crippen molar-refractivity contribution in [3.05, 3.63) is 121 Å². The van der Waals surface area contributed by atoms with Gasteiger partial charge in [-0.3, -0.25) is 22.8 Å². The normalized spacial score (nSPS) is 13.2. The Hall–Kier alpha value is -8.11. The number of methoxy groups -OCH3 is 1. The van der Waals surface area contributed by atoms with Crippen molar-refractivity contribution in [2.75, 3.05) is 12.8 Å². The molecule has 0 aliphatic heterocycles. The molecule has 8 N–H and O–H groups in total. The van der Waals surface area contributed by atoms with Crippen molar-refractivity contribution >= 4 is 134 Å². The van der Waals surface area contributed by atoms with Gasteiger partial charge in [-0.1, -0.05) is 24.3 Å². The smallest absolute Gasteiger partial charge is 0.296 e. The van der Waals surface area contributed by atoms with E-state index < -0.39 is 86.5 Å². The Morgan fingerprint density at radius 1 is 0.392 bits per heavy atom. The number of phenolic OH excluding ortho intramolecular Hbond substituents is 1. The van der Waals surface area contributed by atoms with Crippen LogP contribution < -0.4 is 10.5 Å². The first-order valence-electron chi connectivity index (χ1n) is 20.2. The fraction of sp³-hybridized carbons (Fsp3) is 0.0233. The highest BCUT2D eigenvalue weighted by molar-refractivity contribution is 7.87. The minimum atomic E-state index is -5.30. The first kappa shape index (κ1) is 52.2. The van der Waals surface area contributed by atoms with Crippen LogP contribution in [-0.2, 0) is 50.6 Å². The molecule has 0 spiro atoms. The first-order chi connectivity index (χ1) is 34.6. The third kappa shape index (κ3) is 11.0. The predicted octanol–water partition coefficient (Wildman–Crippen LogP) is 10.3. The summed E-state index contributed by atoms with van der Waals surface area (Å²) < 4.78 is 177. The number of nitrogen functional groups attached to an aromatic ring is 1. The van der Waals surface area contributed by atoms with Crippen molar-refractivity contribution in [3.63, 3.8) is 0 Å². The summed E-state index contributed by atoms with van der Waals surface area (Å²) in [5.74, 6) is -1.10. The van der Waals surface area contributed by atoms with Crippen molar-refractivity contribution in [1.82, 2.24) is 0 Å².